The predicted molar refractivity (Wildman–Crippen MR) is 83.4 cm³/mol. The van der Waals surface area contributed by atoms with Crippen molar-refractivity contribution >= 4 is 23.4 Å². The number of halogens is 1. The first kappa shape index (κ1) is 16.7. The second-order valence-corrected chi connectivity index (χ2v) is 5.42. The molecule has 0 fully saturated rings. The SMILES string of the molecule is CCC([N+]#N)(C(=O)[O-])c1ccccc1C(=O)c1ccc(Cl)cc1. The Morgan fingerprint density at radius 1 is 1.17 bits per heavy atom. The highest BCUT2D eigenvalue weighted by Crippen LogP contribution is 2.33. The number of hydrogen-bond acceptors (Lipinski definition) is 4. The number of nitrogens with zero attached hydrogens (tertiary/aromatic N) is 2. The largest absolute Gasteiger partial charge is 0.542 e. The lowest BCUT2D eigenvalue weighted by atomic mass is 9.83. The number of hydrogen-bond donors (Lipinski definition) is 0. The summed E-state index contributed by atoms with van der Waals surface area (Å²) >= 11 is 5.81. The molecule has 0 aliphatic heterocycles. The molecular weight excluding hydrogens is 316 g/mol. The van der Waals surface area contributed by atoms with Gasteiger partial charge in [0.05, 0.1) is 5.56 Å². The lowest BCUT2D eigenvalue weighted by Crippen LogP contribution is -2.44. The topological polar surface area (TPSA) is 85.3 Å². The molecule has 2 aromatic carbocycles. The normalized spacial score (nSPS) is 12.9. The Bertz CT molecular complexity index is 796. The van der Waals surface area contributed by atoms with Crippen molar-refractivity contribution in [1.82, 2.24) is 0 Å². The molecule has 6 heteroatoms. The molecule has 23 heavy (non-hydrogen) atoms. The number of carbonyl (C=O) groups excluding carboxylic acids is 2. The monoisotopic (exact) mass is 328 g/mol. The Kier molecular flexibility index (Phi) is 4.77. The van der Waals surface area contributed by atoms with E-state index in [1.165, 1.54) is 12.1 Å². The first-order valence-electron chi connectivity index (χ1n) is 6.93. The average molecular weight is 329 g/mol. The van der Waals surface area contributed by atoms with Gasteiger partial charge in [-0.2, -0.15) is 0 Å². The molecule has 2 aromatic rings. The molecule has 0 amide bonds. The van der Waals surface area contributed by atoms with Gasteiger partial charge in [-0.05, 0) is 30.3 Å². The van der Waals surface area contributed by atoms with Crippen molar-refractivity contribution in [3.8, 4) is 0 Å². The summed E-state index contributed by atoms with van der Waals surface area (Å²) in [5, 5.41) is 21.3. The van der Waals surface area contributed by atoms with Gasteiger partial charge in [-0.15, -0.1) is 0 Å². The van der Waals surface area contributed by atoms with Gasteiger partial charge in [0.25, 0.3) is 0 Å². The minimum atomic E-state index is -1.99. The number of diazo groups is 1. The van der Waals surface area contributed by atoms with E-state index in [-0.39, 0.29) is 23.3 Å². The lowest BCUT2D eigenvalue weighted by Gasteiger charge is -2.18. The van der Waals surface area contributed by atoms with Crippen molar-refractivity contribution in [2.75, 3.05) is 0 Å². The number of carbonyl (C=O) groups is 2. The van der Waals surface area contributed by atoms with Crippen LogP contribution in [0.5, 0.6) is 0 Å². The van der Waals surface area contributed by atoms with Crippen LogP contribution in [0.15, 0.2) is 48.5 Å². The van der Waals surface area contributed by atoms with Gasteiger partial charge in [-0.3, -0.25) is 4.79 Å². The molecular formula is C17H13ClN2O3. The van der Waals surface area contributed by atoms with E-state index in [0.29, 0.717) is 10.6 Å². The molecule has 0 saturated heterocycles. The first-order valence-corrected chi connectivity index (χ1v) is 7.31. The number of carboxylic acid groups (broad SMARTS) is 1. The van der Waals surface area contributed by atoms with Gasteiger partial charge in [-0.25, -0.2) is 0 Å². The van der Waals surface area contributed by atoms with Crippen LogP contribution in [0.25, 0.3) is 4.98 Å². The van der Waals surface area contributed by atoms with E-state index in [2.05, 4.69) is 4.98 Å². The smallest absolute Gasteiger partial charge is 0.387 e. The first-order chi connectivity index (χ1) is 11.0. The van der Waals surface area contributed by atoms with E-state index < -0.39 is 11.5 Å². The van der Waals surface area contributed by atoms with Crippen LogP contribution in [-0.4, -0.2) is 11.8 Å². The minimum Gasteiger partial charge on any atom is -0.542 e. The molecule has 1 unspecified atom stereocenters. The third-order valence-electron chi connectivity index (χ3n) is 3.74. The molecule has 2 rings (SSSR count). The molecule has 0 aliphatic carbocycles. The molecule has 0 heterocycles. The van der Waals surface area contributed by atoms with E-state index in [9.17, 15) is 20.1 Å². The van der Waals surface area contributed by atoms with Crippen LogP contribution < -0.4 is 5.11 Å². The van der Waals surface area contributed by atoms with Crippen LogP contribution >= 0.6 is 11.6 Å². The maximum absolute atomic E-state index is 12.7. The van der Waals surface area contributed by atoms with Crippen molar-refractivity contribution in [3.05, 3.63) is 75.2 Å². The van der Waals surface area contributed by atoms with Gasteiger partial charge in [0, 0.05) is 22.6 Å². The molecule has 1 atom stereocenters. The van der Waals surface area contributed by atoms with Gasteiger partial charge in [-0.1, -0.05) is 36.7 Å². The second-order valence-electron chi connectivity index (χ2n) is 4.98. The predicted octanol–water partition coefficient (Wildman–Crippen LogP) is 2.78. The van der Waals surface area contributed by atoms with Gasteiger partial charge in [0.1, 0.15) is 10.9 Å². The number of aliphatic carboxylic acids is 1. The number of carboxylic acids is 1. The summed E-state index contributed by atoms with van der Waals surface area (Å²) in [6, 6.07) is 12.4. The van der Waals surface area contributed by atoms with Crippen molar-refractivity contribution < 1.29 is 14.7 Å². The Balaban J connectivity index is 2.62. The van der Waals surface area contributed by atoms with Crippen molar-refractivity contribution in [2.24, 2.45) is 0 Å². The zero-order valence-corrected chi connectivity index (χ0v) is 13.1. The molecule has 0 N–H and O–H groups in total. The molecule has 0 saturated carbocycles. The van der Waals surface area contributed by atoms with Crippen molar-refractivity contribution in [2.45, 2.75) is 18.9 Å². The zero-order chi connectivity index (χ0) is 17.0. The summed E-state index contributed by atoms with van der Waals surface area (Å²) in [7, 11) is 0. The summed E-state index contributed by atoms with van der Waals surface area (Å²) in [5.41, 5.74) is -1.41. The fourth-order valence-electron chi connectivity index (χ4n) is 2.41. The van der Waals surface area contributed by atoms with Crippen LogP contribution in [0.1, 0.15) is 34.8 Å². The summed E-state index contributed by atoms with van der Waals surface area (Å²) < 4.78 is 0. The van der Waals surface area contributed by atoms with Gasteiger partial charge in [0.2, 0.25) is 5.39 Å². The fourth-order valence-corrected chi connectivity index (χ4v) is 2.53. The maximum Gasteiger partial charge on any atom is 0.387 e. The summed E-state index contributed by atoms with van der Waals surface area (Å²) in [5.74, 6) is -1.96. The maximum atomic E-state index is 12.7. The van der Waals surface area contributed by atoms with Crippen LogP contribution in [0.2, 0.25) is 5.02 Å². The highest BCUT2D eigenvalue weighted by Gasteiger charge is 2.49. The second kappa shape index (κ2) is 6.59. The molecule has 0 spiro atoms. The zero-order valence-electron chi connectivity index (χ0n) is 12.3. The van der Waals surface area contributed by atoms with Crippen LogP contribution in [0.3, 0.4) is 0 Å². The standard InChI is InChI=1S/C17H13ClN2O3/c1-2-17(20-19,16(22)23)14-6-4-3-5-13(14)15(21)11-7-9-12(18)10-8-11/h3-10H,2H2,1H3. The van der Waals surface area contributed by atoms with E-state index in [0.717, 1.165) is 0 Å². The Morgan fingerprint density at radius 2 is 1.78 bits per heavy atom. The number of ketones is 1. The molecule has 0 radical (unpaired) electrons. The van der Waals surface area contributed by atoms with E-state index >= 15 is 0 Å². The molecule has 0 aromatic heterocycles. The lowest BCUT2D eigenvalue weighted by molar-refractivity contribution is -0.312. The van der Waals surface area contributed by atoms with Gasteiger partial charge < -0.3 is 9.90 Å². The third kappa shape index (κ3) is 2.94. The van der Waals surface area contributed by atoms with E-state index in [1.807, 2.05) is 0 Å². The van der Waals surface area contributed by atoms with Gasteiger partial charge in [0.15, 0.2) is 5.78 Å². The minimum absolute atomic E-state index is 0.0588. The fraction of sp³-hybridized carbons (Fsp3) is 0.176. The summed E-state index contributed by atoms with van der Waals surface area (Å²) in [4.78, 5) is 27.3. The van der Waals surface area contributed by atoms with Gasteiger partial charge >= 0.3 is 5.54 Å². The summed E-state index contributed by atoms with van der Waals surface area (Å²) in [6.07, 6.45) is -0.0588. The highest BCUT2D eigenvalue weighted by atomic mass is 35.5. The molecule has 0 bridgehead atoms. The van der Waals surface area contributed by atoms with Crippen molar-refractivity contribution in [1.29, 1.82) is 5.39 Å². The molecule has 5 nitrogen and oxygen atoms in total. The number of benzene rings is 2. The third-order valence-corrected chi connectivity index (χ3v) is 4.00. The molecule has 116 valence electrons. The Labute approximate surface area is 138 Å². The van der Waals surface area contributed by atoms with E-state index in [1.54, 1.807) is 43.3 Å². The van der Waals surface area contributed by atoms with E-state index in [4.69, 9.17) is 11.6 Å². The number of rotatable bonds is 5. The average Bonchev–Trinajstić information content (AvgIpc) is 2.57. The van der Waals surface area contributed by atoms with Crippen LogP contribution in [-0.2, 0) is 10.3 Å². The van der Waals surface area contributed by atoms with Crippen LogP contribution in [0, 0.1) is 5.39 Å². The Morgan fingerprint density at radius 3 is 2.30 bits per heavy atom. The summed E-state index contributed by atoms with van der Waals surface area (Å²) in [6.45, 7) is 1.54. The Hall–Kier alpha value is -2.71. The highest BCUT2D eigenvalue weighted by molar-refractivity contribution is 6.30. The van der Waals surface area contributed by atoms with Crippen LogP contribution in [0.4, 0.5) is 0 Å². The quantitative estimate of drug-likeness (QED) is 0.624. The molecule has 0 aliphatic rings. The van der Waals surface area contributed by atoms with Crippen molar-refractivity contribution in [3.63, 3.8) is 0 Å².